The molecule has 0 bridgehead atoms. The Morgan fingerprint density at radius 2 is 2.12 bits per heavy atom. The van der Waals surface area contributed by atoms with Crippen molar-refractivity contribution in [2.24, 2.45) is 0 Å². The van der Waals surface area contributed by atoms with Gasteiger partial charge in [0.2, 0.25) is 5.91 Å². The van der Waals surface area contributed by atoms with Crippen LogP contribution < -0.4 is 4.74 Å². The van der Waals surface area contributed by atoms with Crippen LogP contribution in [-0.2, 0) is 17.8 Å². The Bertz CT molecular complexity index is 762. The van der Waals surface area contributed by atoms with Gasteiger partial charge in [-0.25, -0.2) is 0 Å². The van der Waals surface area contributed by atoms with Crippen LogP contribution in [0.5, 0.6) is 5.75 Å². The molecule has 5 heteroatoms. The van der Waals surface area contributed by atoms with E-state index in [-0.39, 0.29) is 18.4 Å². The summed E-state index contributed by atoms with van der Waals surface area (Å²) in [5, 5.41) is 10.6. The van der Waals surface area contributed by atoms with Crippen molar-refractivity contribution in [3.63, 3.8) is 0 Å². The fraction of sp³-hybridized carbons (Fsp3) is 0.550. The molecule has 1 unspecified atom stereocenters. The third-order valence-electron chi connectivity index (χ3n) is 5.37. The maximum absolute atomic E-state index is 13.1. The van der Waals surface area contributed by atoms with Crippen molar-refractivity contribution in [3.05, 3.63) is 29.5 Å². The normalized spacial score (nSPS) is 16.7. The molecular formula is C20H28N2O3. The van der Waals surface area contributed by atoms with E-state index in [1.165, 1.54) is 5.69 Å². The minimum absolute atomic E-state index is 0.0942. The summed E-state index contributed by atoms with van der Waals surface area (Å²) in [5.41, 5.74) is 3.43. The van der Waals surface area contributed by atoms with Crippen molar-refractivity contribution in [2.75, 3.05) is 26.8 Å². The highest BCUT2D eigenvalue weighted by molar-refractivity contribution is 5.94. The number of nitrogens with zero attached hydrogens (tertiary/aromatic N) is 2. The number of aromatic nitrogens is 1. The molecule has 2 aromatic rings. The highest BCUT2D eigenvalue weighted by atomic mass is 16.5. The van der Waals surface area contributed by atoms with Gasteiger partial charge in [-0.15, -0.1) is 0 Å². The Kier molecular flexibility index (Phi) is 5.33. The smallest absolute Gasteiger partial charge is 0.230 e. The van der Waals surface area contributed by atoms with Gasteiger partial charge in [-0.05, 0) is 56.9 Å². The molecule has 5 nitrogen and oxygen atoms in total. The molecule has 0 aliphatic heterocycles. The fourth-order valence-corrected chi connectivity index (χ4v) is 4.17. The molecule has 25 heavy (non-hydrogen) atoms. The van der Waals surface area contributed by atoms with E-state index in [2.05, 4.69) is 4.57 Å². The molecule has 1 atom stereocenters. The Labute approximate surface area is 149 Å². The lowest BCUT2D eigenvalue weighted by Crippen LogP contribution is -2.36. The first-order valence-electron chi connectivity index (χ1n) is 9.24. The summed E-state index contributed by atoms with van der Waals surface area (Å²) in [6.45, 7) is 6.19. The predicted octanol–water partition coefficient (Wildman–Crippen LogP) is 2.93. The molecule has 136 valence electrons. The third kappa shape index (κ3) is 3.01. The molecule has 0 radical (unpaired) electrons. The summed E-state index contributed by atoms with van der Waals surface area (Å²) in [6, 6.07) is 6.03. The molecule has 0 spiro atoms. The van der Waals surface area contributed by atoms with Crippen LogP contribution in [-0.4, -0.2) is 47.3 Å². The molecule has 1 aromatic carbocycles. The average molecular weight is 344 g/mol. The summed E-state index contributed by atoms with van der Waals surface area (Å²) in [4.78, 5) is 15.1. The average Bonchev–Trinajstić information content (AvgIpc) is 2.96. The first kappa shape index (κ1) is 17.8. The molecule has 1 N–H and O–H groups in total. The minimum atomic E-state index is -0.0989. The predicted molar refractivity (Wildman–Crippen MR) is 99.2 cm³/mol. The molecule has 0 saturated carbocycles. The summed E-state index contributed by atoms with van der Waals surface area (Å²) in [7, 11) is 1.66. The van der Waals surface area contributed by atoms with Gasteiger partial charge in [0.05, 0.1) is 19.6 Å². The lowest BCUT2D eigenvalue weighted by Gasteiger charge is -2.29. The van der Waals surface area contributed by atoms with Crippen LogP contribution in [0.2, 0.25) is 0 Å². The number of benzene rings is 1. The SMILES string of the molecule is CCN(CC)C(=O)C1CCCc2c1c1cc(OC)ccc1n2CCO. The molecule has 1 aliphatic carbocycles. The second-order valence-electron chi connectivity index (χ2n) is 6.57. The number of ether oxygens (including phenoxy) is 1. The maximum atomic E-state index is 13.1. The number of hydrogen-bond donors (Lipinski definition) is 1. The van der Waals surface area contributed by atoms with E-state index in [0.29, 0.717) is 6.54 Å². The van der Waals surface area contributed by atoms with E-state index in [0.717, 1.165) is 54.6 Å². The lowest BCUT2D eigenvalue weighted by atomic mass is 9.84. The molecular weight excluding hydrogens is 316 g/mol. The third-order valence-corrected chi connectivity index (χ3v) is 5.37. The molecule has 0 saturated heterocycles. The van der Waals surface area contributed by atoms with E-state index in [9.17, 15) is 9.90 Å². The number of aliphatic hydroxyl groups excluding tert-OH is 1. The van der Waals surface area contributed by atoms with Gasteiger partial charge >= 0.3 is 0 Å². The quantitative estimate of drug-likeness (QED) is 0.877. The molecule has 0 fully saturated rings. The Hall–Kier alpha value is -2.01. The minimum Gasteiger partial charge on any atom is -0.497 e. The first-order chi connectivity index (χ1) is 12.2. The largest absolute Gasteiger partial charge is 0.497 e. The van der Waals surface area contributed by atoms with Gasteiger partial charge in [0.25, 0.3) is 0 Å². The zero-order valence-corrected chi connectivity index (χ0v) is 15.4. The van der Waals surface area contributed by atoms with Gasteiger partial charge in [0.1, 0.15) is 5.75 Å². The topological polar surface area (TPSA) is 54.7 Å². The van der Waals surface area contributed by atoms with Crippen molar-refractivity contribution in [3.8, 4) is 5.75 Å². The second-order valence-corrected chi connectivity index (χ2v) is 6.57. The first-order valence-corrected chi connectivity index (χ1v) is 9.24. The molecule has 1 heterocycles. The van der Waals surface area contributed by atoms with Gasteiger partial charge in [-0.3, -0.25) is 4.79 Å². The van der Waals surface area contributed by atoms with Crippen molar-refractivity contribution in [1.82, 2.24) is 9.47 Å². The van der Waals surface area contributed by atoms with Crippen molar-refractivity contribution >= 4 is 16.8 Å². The molecule has 1 amide bonds. The van der Waals surface area contributed by atoms with Gasteiger partial charge in [-0.2, -0.15) is 0 Å². The van der Waals surface area contributed by atoms with Crippen LogP contribution in [0.1, 0.15) is 43.9 Å². The number of amides is 1. The van der Waals surface area contributed by atoms with Crippen LogP contribution in [0.25, 0.3) is 10.9 Å². The molecule has 3 rings (SSSR count). The monoisotopic (exact) mass is 344 g/mol. The van der Waals surface area contributed by atoms with Gasteiger partial charge in [0, 0.05) is 36.2 Å². The number of fused-ring (bicyclic) bond motifs is 3. The van der Waals surface area contributed by atoms with E-state index in [4.69, 9.17) is 4.74 Å². The number of methoxy groups -OCH3 is 1. The summed E-state index contributed by atoms with van der Waals surface area (Å²) < 4.78 is 7.60. The van der Waals surface area contributed by atoms with Gasteiger partial charge in [-0.1, -0.05) is 0 Å². The lowest BCUT2D eigenvalue weighted by molar-refractivity contribution is -0.132. The van der Waals surface area contributed by atoms with E-state index in [1.807, 2.05) is 36.9 Å². The Morgan fingerprint density at radius 1 is 1.36 bits per heavy atom. The molecule has 1 aliphatic rings. The highest BCUT2D eigenvalue weighted by Gasteiger charge is 2.33. The Morgan fingerprint density at radius 3 is 2.76 bits per heavy atom. The maximum Gasteiger partial charge on any atom is 0.230 e. The van der Waals surface area contributed by atoms with Gasteiger partial charge in [0.15, 0.2) is 0 Å². The number of hydrogen-bond acceptors (Lipinski definition) is 3. The summed E-state index contributed by atoms with van der Waals surface area (Å²) in [5.74, 6) is 0.922. The molecule has 1 aromatic heterocycles. The number of rotatable bonds is 6. The van der Waals surface area contributed by atoms with E-state index in [1.54, 1.807) is 7.11 Å². The van der Waals surface area contributed by atoms with Crippen LogP contribution in [0.4, 0.5) is 0 Å². The fourth-order valence-electron chi connectivity index (χ4n) is 4.17. The van der Waals surface area contributed by atoms with Crippen molar-refractivity contribution in [2.45, 2.75) is 45.6 Å². The van der Waals surface area contributed by atoms with E-state index < -0.39 is 0 Å². The standard InChI is InChI=1S/C20H28N2O3/c1-4-21(5-2)20(24)15-7-6-8-18-19(15)16-13-14(25-3)9-10-17(16)22(18)11-12-23/h9-10,13,15,23H,4-8,11-12H2,1-3H3. The summed E-state index contributed by atoms with van der Waals surface area (Å²) >= 11 is 0. The van der Waals surface area contributed by atoms with Crippen LogP contribution >= 0.6 is 0 Å². The summed E-state index contributed by atoms with van der Waals surface area (Å²) in [6.07, 6.45) is 2.84. The van der Waals surface area contributed by atoms with E-state index >= 15 is 0 Å². The number of aliphatic hydroxyl groups is 1. The second kappa shape index (κ2) is 7.48. The number of likely N-dealkylation sites (N-methyl/N-ethyl adjacent to an activating group) is 1. The van der Waals surface area contributed by atoms with Crippen molar-refractivity contribution in [1.29, 1.82) is 0 Å². The van der Waals surface area contributed by atoms with Crippen LogP contribution in [0.3, 0.4) is 0 Å². The van der Waals surface area contributed by atoms with Crippen LogP contribution in [0, 0.1) is 0 Å². The number of carbonyl (C=O) groups excluding carboxylic acids is 1. The number of carbonyl (C=O) groups is 1. The highest BCUT2D eigenvalue weighted by Crippen LogP contribution is 2.41. The van der Waals surface area contributed by atoms with Crippen LogP contribution in [0.15, 0.2) is 18.2 Å². The van der Waals surface area contributed by atoms with Gasteiger partial charge < -0.3 is 19.3 Å². The van der Waals surface area contributed by atoms with Crippen molar-refractivity contribution < 1.29 is 14.6 Å². The zero-order valence-electron chi connectivity index (χ0n) is 15.4. The zero-order chi connectivity index (χ0) is 18.0. The Balaban J connectivity index is 2.19.